The number of carbonyl (C=O) groups excluding carboxylic acids is 2. The van der Waals surface area contributed by atoms with Crippen LogP contribution in [0.5, 0.6) is 0 Å². The van der Waals surface area contributed by atoms with Crippen LogP contribution >= 0.6 is 0 Å². The summed E-state index contributed by atoms with van der Waals surface area (Å²) in [6.45, 7) is 6.33. The minimum atomic E-state index is 0.204. The van der Waals surface area contributed by atoms with Crippen LogP contribution in [0, 0.1) is 5.41 Å². The van der Waals surface area contributed by atoms with Crippen LogP contribution in [0.4, 0.5) is 0 Å². The predicted molar refractivity (Wildman–Crippen MR) is 103 cm³/mol. The summed E-state index contributed by atoms with van der Waals surface area (Å²) in [6.07, 6.45) is 7.52. The van der Waals surface area contributed by atoms with E-state index in [0.29, 0.717) is 25.3 Å². The number of nitrogens with zero attached hydrogens (tertiary/aromatic N) is 4. The first-order valence-electron chi connectivity index (χ1n) is 10.3. The lowest BCUT2D eigenvalue weighted by molar-refractivity contribution is -0.140. The van der Waals surface area contributed by atoms with Gasteiger partial charge in [0.05, 0.1) is 12.2 Å². The SMILES string of the molecule is O=C1CCCN1CCN1CCCC2(CCC(=O)N(Cc3ccccn3)C2)C1. The third-order valence-electron chi connectivity index (χ3n) is 6.43. The lowest BCUT2D eigenvalue weighted by Crippen LogP contribution is -2.54. The number of pyridine rings is 1. The molecule has 27 heavy (non-hydrogen) atoms. The lowest BCUT2D eigenvalue weighted by Gasteiger charge is -2.48. The summed E-state index contributed by atoms with van der Waals surface area (Å²) in [7, 11) is 0. The fraction of sp³-hybridized carbons (Fsp3) is 0.667. The molecule has 1 aromatic rings. The van der Waals surface area contributed by atoms with Gasteiger partial charge in [-0.3, -0.25) is 14.6 Å². The summed E-state index contributed by atoms with van der Waals surface area (Å²) in [5.74, 6) is 0.567. The van der Waals surface area contributed by atoms with Crippen molar-refractivity contribution in [3.63, 3.8) is 0 Å². The van der Waals surface area contributed by atoms with Gasteiger partial charge in [0.2, 0.25) is 11.8 Å². The fourth-order valence-electron chi connectivity index (χ4n) is 4.97. The van der Waals surface area contributed by atoms with Crippen molar-refractivity contribution in [2.75, 3.05) is 39.3 Å². The average Bonchev–Trinajstić information content (AvgIpc) is 3.09. The summed E-state index contributed by atoms with van der Waals surface area (Å²) in [5.41, 5.74) is 1.17. The minimum Gasteiger partial charge on any atom is -0.341 e. The monoisotopic (exact) mass is 370 g/mol. The molecule has 3 aliphatic heterocycles. The number of amides is 2. The molecule has 3 saturated heterocycles. The van der Waals surface area contributed by atoms with Crippen LogP contribution in [-0.4, -0.2) is 70.8 Å². The van der Waals surface area contributed by atoms with Gasteiger partial charge in [0.1, 0.15) is 0 Å². The molecule has 0 radical (unpaired) electrons. The molecule has 6 nitrogen and oxygen atoms in total. The van der Waals surface area contributed by atoms with E-state index >= 15 is 0 Å². The maximum atomic E-state index is 12.5. The summed E-state index contributed by atoms with van der Waals surface area (Å²) in [4.78, 5) is 35.3. The van der Waals surface area contributed by atoms with Crippen LogP contribution in [-0.2, 0) is 16.1 Å². The van der Waals surface area contributed by atoms with E-state index in [4.69, 9.17) is 0 Å². The van der Waals surface area contributed by atoms with Crippen LogP contribution in [0.15, 0.2) is 24.4 Å². The minimum absolute atomic E-state index is 0.204. The van der Waals surface area contributed by atoms with E-state index in [-0.39, 0.29) is 11.3 Å². The summed E-state index contributed by atoms with van der Waals surface area (Å²) >= 11 is 0. The molecule has 0 N–H and O–H groups in total. The molecular weight excluding hydrogens is 340 g/mol. The second-order valence-corrected chi connectivity index (χ2v) is 8.43. The number of carbonyl (C=O) groups is 2. The van der Waals surface area contributed by atoms with Crippen molar-refractivity contribution in [2.45, 2.75) is 45.1 Å². The zero-order chi connectivity index (χ0) is 18.7. The van der Waals surface area contributed by atoms with E-state index in [1.54, 1.807) is 6.20 Å². The number of hydrogen-bond acceptors (Lipinski definition) is 4. The fourth-order valence-corrected chi connectivity index (χ4v) is 4.97. The Morgan fingerprint density at radius 2 is 1.81 bits per heavy atom. The molecule has 3 aliphatic rings. The largest absolute Gasteiger partial charge is 0.341 e. The van der Waals surface area contributed by atoms with Gasteiger partial charge in [-0.25, -0.2) is 0 Å². The summed E-state index contributed by atoms with van der Waals surface area (Å²) in [6, 6.07) is 5.89. The topological polar surface area (TPSA) is 56.8 Å². The van der Waals surface area contributed by atoms with Crippen LogP contribution < -0.4 is 0 Å². The van der Waals surface area contributed by atoms with E-state index in [1.807, 2.05) is 28.0 Å². The smallest absolute Gasteiger partial charge is 0.222 e. The van der Waals surface area contributed by atoms with Gasteiger partial charge in [-0.05, 0) is 44.4 Å². The summed E-state index contributed by atoms with van der Waals surface area (Å²) in [5, 5.41) is 0. The second-order valence-electron chi connectivity index (χ2n) is 8.43. The van der Waals surface area contributed by atoms with E-state index in [9.17, 15) is 9.59 Å². The van der Waals surface area contributed by atoms with Crippen molar-refractivity contribution in [3.05, 3.63) is 30.1 Å². The molecule has 1 aromatic heterocycles. The maximum absolute atomic E-state index is 12.5. The highest BCUT2D eigenvalue weighted by Gasteiger charge is 2.41. The van der Waals surface area contributed by atoms with E-state index in [0.717, 1.165) is 57.8 Å². The van der Waals surface area contributed by atoms with Crippen molar-refractivity contribution in [1.82, 2.24) is 19.7 Å². The van der Waals surface area contributed by atoms with Crippen LogP contribution in [0.25, 0.3) is 0 Å². The third-order valence-corrected chi connectivity index (χ3v) is 6.43. The van der Waals surface area contributed by atoms with Gasteiger partial charge in [-0.1, -0.05) is 6.07 Å². The van der Waals surface area contributed by atoms with E-state index < -0.39 is 0 Å². The zero-order valence-corrected chi connectivity index (χ0v) is 16.1. The van der Waals surface area contributed by atoms with Gasteiger partial charge < -0.3 is 14.7 Å². The highest BCUT2D eigenvalue weighted by atomic mass is 16.2. The quantitative estimate of drug-likeness (QED) is 0.794. The molecule has 0 bridgehead atoms. The Morgan fingerprint density at radius 1 is 0.926 bits per heavy atom. The van der Waals surface area contributed by atoms with Gasteiger partial charge >= 0.3 is 0 Å². The Morgan fingerprint density at radius 3 is 2.59 bits per heavy atom. The normalized spacial score (nSPS) is 27.0. The highest BCUT2D eigenvalue weighted by Crippen LogP contribution is 2.39. The molecule has 3 fully saturated rings. The molecule has 4 rings (SSSR count). The van der Waals surface area contributed by atoms with Crippen molar-refractivity contribution in [3.8, 4) is 0 Å². The summed E-state index contributed by atoms with van der Waals surface area (Å²) < 4.78 is 0. The van der Waals surface area contributed by atoms with Gasteiger partial charge in [0, 0.05) is 57.2 Å². The average molecular weight is 370 g/mol. The van der Waals surface area contributed by atoms with Gasteiger partial charge in [-0.2, -0.15) is 0 Å². The number of rotatable bonds is 5. The molecule has 0 saturated carbocycles. The zero-order valence-electron chi connectivity index (χ0n) is 16.1. The van der Waals surface area contributed by atoms with Crippen molar-refractivity contribution < 1.29 is 9.59 Å². The first kappa shape index (κ1) is 18.4. The van der Waals surface area contributed by atoms with Crippen LogP contribution in [0.2, 0.25) is 0 Å². The number of aromatic nitrogens is 1. The molecular formula is C21H30N4O2. The van der Waals surface area contributed by atoms with Crippen molar-refractivity contribution >= 4 is 11.8 Å². The Bertz CT molecular complexity index is 680. The van der Waals surface area contributed by atoms with Gasteiger partial charge in [0.15, 0.2) is 0 Å². The molecule has 6 heteroatoms. The number of likely N-dealkylation sites (tertiary alicyclic amines) is 3. The van der Waals surface area contributed by atoms with Crippen molar-refractivity contribution in [2.24, 2.45) is 5.41 Å². The molecule has 1 unspecified atom stereocenters. The molecule has 1 spiro atoms. The Labute approximate surface area is 161 Å². The number of piperidine rings is 2. The second kappa shape index (κ2) is 7.97. The first-order valence-corrected chi connectivity index (χ1v) is 10.3. The molecule has 0 aromatic carbocycles. The molecule has 0 aliphatic carbocycles. The van der Waals surface area contributed by atoms with E-state index in [2.05, 4.69) is 9.88 Å². The molecule has 146 valence electrons. The molecule has 2 amide bonds. The Hall–Kier alpha value is -1.95. The molecule has 4 heterocycles. The van der Waals surface area contributed by atoms with E-state index in [1.165, 1.54) is 12.8 Å². The van der Waals surface area contributed by atoms with Gasteiger partial charge in [-0.15, -0.1) is 0 Å². The van der Waals surface area contributed by atoms with Crippen LogP contribution in [0.1, 0.15) is 44.2 Å². The highest BCUT2D eigenvalue weighted by molar-refractivity contribution is 5.78. The lowest BCUT2D eigenvalue weighted by atomic mass is 9.73. The molecule has 1 atom stereocenters. The Kier molecular flexibility index (Phi) is 5.43. The Balaban J connectivity index is 1.36. The van der Waals surface area contributed by atoms with Crippen LogP contribution in [0.3, 0.4) is 0 Å². The predicted octanol–water partition coefficient (Wildman–Crippen LogP) is 1.91. The van der Waals surface area contributed by atoms with Crippen molar-refractivity contribution in [1.29, 1.82) is 0 Å². The third kappa shape index (κ3) is 4.32. The standard InChI is InChI=1S/C21H30N4O2/c26-19-6-3-12-24(19)14-13-23-11-4-8-21(16-23)9-7-20(27)25(17-21)15-18-5-1-2-10-22-18/h1-2,5,10H,3-4,6-9,11-17H2. The number of hydrogen-bond donors (Lipinski definition) is 0. The first-order chi connectivity index (χ1) is 13.1. The maximum Gasteiger partial charge on any atom is 0.222 e. The van der Waals surface area contributed by atoms with Gasteiger partial charge in [0.25, 0.3) is 0 Å².